The van der Waals surface area contributed by atoms with Gasteiger partial charge in [0, 0.05) is 17.7 Å². The Balaban J connectivity index is 1.57. The van der Waals surface area contributed by atoms with E-state index in [1.807, 2.05) is 0 Å². The van der Waals surface area contributed by atoms with Crippen molar-refractivity contribution in [3.05, 3.63) is 108 Å². The molecule has 14 heteroatoms. The first-order chi connectivity index (χ1) is 19.4. The Bertz CT molecular complexity index is 1380. The molecule has 41 heavy (non-hydrogen) atoms. The molecule has 3 rings (SSSR count). The average Bonchev–Trinajstić information content (AvgIpc) is 3.37. The second-order valence-corrected chi connectivity index (χ2v) is 8.32. The lowest BCUT2D eigenvalue weighted by molar-refractivity contribution is -0.274. The van der Waals surface area contributed by atoms with E-state index in [1.165, 1.54) is 59.6 Å². The molecule has 0 saturated heterocycles. The molecule has 0 atom stereocenters. The topological polar surface area (TPSA) is 78.3 Å². The molecule has 1 N–H and O–H groups in total. The zero-order valence-corrected chi connectivity index (χ0v) is 21.1. The molecule has 0 unspecified atom stereocenters. The van der Waals surface area contributed by atoms with Gasteiger partial charge in [0.05, 0.1) is 12.3 Å². The molecular weight excluding hydrogens is 561 g/mol. The van der Waals surface area contributed by atoms with Crippen LogP contribution in [0.25, 0.3) is 5.69 Å². The van der Waals surface area contributed by atoms with Crippen molar-refractivity contribution in [2.24, 2.45) is 0 Å². The summed E-state index contributed by atoms with van der Waals surface area (Å²) in [6.07, 6.45) is -0.840. The van der Waals surface area contributed by atoms with E-state index in [2.05, 4.69) is 26.7 Å². The highest BCUT2D eigenvalue weighted by atomic mass is 19.4. The van der Waals surface area contributed by atoms with Crippen molar-refractivity contribution in [1.82, 2.24) is 20.1 Å². The molecular formula is C27H23F7N4O3. The summed E-state index contributed by atoms with van der Waals surface area (Å²) in [5, 5.41) is 6.92. The first-order valence-corrected chi connectivity index (χ1v) is 11.8. The van der Waals surface area contributed by atoms with Gasteiger partial charge < -0.3 is 14.8 Å². The molecule has 0 bridgehead atoms. The summed E-state index contributed by atoms with van der Waals surface area (Å²) in [5.41, 5.74) is 1.30. The first-order valence-electron chi connectivity index (χ1n) is 11.8. The molecule has 7 nitrogen and oxygen atoms in total. The van der Waals surface area contributed by atoms with Crippen LogP contribution in [0.4, 0.5) is 30.7 Å². The predicted molar refractivity (Wildman–Crippen MR) is 134 cm³/mol. The van der Waals surface area contributed by atoms with E-state index in [-0.39, 0.29) is 17.7 Å². The summed E-state index contributed by atoms with van der Waals surface area (Å²) < 4.78 is 97.4. The normalized spacial score (nSPS) is 12.6. The van der Waals surface area contributed by atoms with Crippen molar-refractivity contribution >= 4 is 5.91 Å². The van der Waals surface area contributed by atoms with Gasteiger partial charge in [-0.25, -0.2) is 18.4 Å². The molecule has 218 valence electrons. The molecule has 0 fully saturated rings. The van der Waals surface area contributed by atoms with Crippen molar-refractivity contribution < 1.29 is 45.0 Å². The van der Waals surface area contributed by atoms with E-state index >= 15 is 0 Å². The molecule has 1 aromatic heterocycles. The predicted octanol–water partition coefficient (Wildman–Crippen LogP) is 6.18. The molecule has 0 spiro atoms. The number of hydrogen-bond donors (Lipinski definition) is 1. The average molecular weight is 584 g/mol. The fraction of sp³-hybridized carbons (Fsp3) is 0.222. The number of ether oxygens (including phenoxy) is 2. The van der Waals surface area contributed by atoms with E-state index in [9.17, 15) is 35.5 Å². The van der Waals surface area contributed by atoms with E-state index in [0.29, 0.717) is 22.8 Å². The van der Waals surface area contributed by atoms with Gasteiger partial charge in [0.15, 0.2) is 5.82 Å². The van der Waals surface area contributed by atoms with Crippen molar-refractivity contribution in [3.63, 3.8) is 0 Å². The maximum atomic E-state index is 13.0. The molecule has 2 aromatic carbocycles. The molecule has 1 amide bonds. The van der Waals surface area contributed by atoms with Crippen LogP contribution in [0, 0.1) is 0 Å². The van der Waals surface area contributed by atoms with Crippen molar-refractivity contribution in [1.29, 1.82) is 0 Å². The summed E-state index contributed by atoms with van der Waals surface area (Å²) >= 11 is 0. The number of nitrogens with zero attached hydrogens (tertiary/aromatic N) is 3. The number of hydrogen-bond acceptors (Lipinski definition) is 5. The molecule has 1 heterocycles. The Kier molecular flexibility index (Phi) is 10.4. The lowest BCUT2D eigenvalue weighted by Crippen LogP contribution is -2.32. The van der Waals surface area contributed by atoms with E-state index < -0.39 is 37.8 Å². The largest absolute Gasteiger partial charge is 0.573 e. The maximum absolute atomic E-state index is 13.0. The fourth-order valence-electron chi connectivity index (χ4n) is 3.25. The molecule has 0 saturated carbocycles. The van der Waals surface area contributed by atoms with Crippen molar-refractivity contribution in [2.45, 2.75) is 31.7 Å². The third kappa shape index (κ3) is 9.90. The summed E-state index contributed by atoms with van der Waals surface area (Å²) in [5.74, 6) is -4.81. The third-order valence-electron chi connectivity index (χ3n) is 5.10. The number of amides is 1. The summed E-state index contributed by atoms with van der Waals surface area (Å²) in [6, 6.07) is 10.9. The van der Waals surface area contributed by atoms with Gasteiger partial charge in [0.2, 0.25) is 0 Å². The number of carbonyl (C=O) groups excluding carboxylic acids is 1. The number of benzene rings is 2. The van der Waals surface area contributed by atoms with Crippen LogP contribution >= 0.6 is 0 Å². The Hall–Kier alpha value is -4.46. The molecule has 0 aliphatic rings. The van der Waals surface area contributed by atoms with Crippen LogP contribution in [-0.4, -0.2) is 46.0 Å². The number of aromatic nitrogens is 3. The molecule has 0 aliphatic carbocycles. The number of nitrogens with one attached hydrogen (secondary N) is 1. The Morgan fingerprint density at radius 3 is 2.49 bits per heavy atom. The number of halogens is 7. The number of rotatable bonds is 13. The lowest BCUT2D eigenvalue weighted by atomic mass is 10.1. The lowest BCUT2D eigenvalue weighted by Gasteiger charge is -2.15. The highest BCUT2D eigenvalue weighted by molar-refractivity contribution is 5.95. The smallest absolute Gasteiger partial charge is 0.406 e. The summed E-state index contributed by atoms with van der Waals surface area (Å²) in [6.45, 7) is 1.73. The van der Waals surface area contributed by atoms with Crippen LogP contribution < -0.4 is 10.1 Å². The quantitative estimate of drug-likeness (QED) is 0.192. The zero-order valence-electron chi connectivity index (χ0n) is 21.1. The van der Waals surface area contributed by atoms with Gasteiger partial charge >= 0.3 is 18.7 Å². The van der Waals surface area contributed by atoms with E-state index in [0.717, 1.165) is 12.1 Å². The SMILES string of the molecule is C=C/C=C(\C=C/Cc1ncn(-c2ccc(OC(F)(F)F)cc2)n1)NC(=O)c1cccc(COCC(F)(F)C(F)F)c1. The number of carbonyl (C=O) groups is 1. The number of alkyl halides is 7. The van der Waals surface area contributed by atoms with Crippen LogP contribution in [0.15, 0.2) is 91.4 Å². The second kappa shape index (κ2) is 13.7. The molecule has 3 aromatic rings. The standard InChI is InChI=1S/C27H23F7N4O3/c1-2-5-20(36-24(39)19-7-3-6-18(14-19)15-40-16-26(30,31)25(28)29)8-4-9-23-35-17-38(37-23)21-10-12-22(13-11-21)41-27(32,33)34/h2-8,10-14,17,25H,1,9,15-16H2,(H,36,39)/b8-4-,20-5+. The summed E-state index contributed by atoms with van der Waals surface area (Å²) in [4.78, 5) is 16.9. The van der Waals surface area contributed by atoms with Crippen molar-refractivity contribution in [2.75, 3.05) is 6.61 Å². The van der Waals surface area contributed by atoms with Gasteiger partial charge in [0.25, 0.3) is 5.91 Å². The van der Waals surface area contributed by atoms with Gasteiger partial charge in [-0.1, -0.05) is 30.9 Å². The first kappa shape index (κ1) is 31.1. The minimum Gasteiger partial charge on any atom is -0.406 e. The highest BCUT2D eigenvalue weighted by Crippen LogP contribution is 2.24. The third-order valence-corrected chi connectivity index (χ3v) is 5.10. The minimum atomic E-state index is -4.80. The number of allylic oxidation sites excluding steroid dienone is 4. The van der Waals surface area contributed by atoms with E-state index in [1.54, 1.807) is 12.2 Å². The van der Waals surface area contributed by atoms with Gasteiger partial charge in [-0.3, -0.25) is 4.79 Å². The van der Waals surface area contributed by atoms with Crippen LogP contribution in [0.2, 0.25) is 0 Å². The molecule has 0 aliphatic heterocycles. The van der Waals surface area contributed by atoms with Crippen LogP contribution in [0.5, 0.6) is 5.75 Å². The van der Waals surface area contributed by atoms with E-state index in [4.69, 9.17) is 4.74 Å². The maximum Gasteiger partial charge on any atom is 0.573 e. The Morgan fingerprint density at radius 2 is 1.83 bits per heavy atom. The van der Waals surface area contributed by atoms with Crippen LogP contribution in [0.3, 0.4) is 0 Å². The molecule has 0 radical (unpaired) electrons. The van der Waals surface area contributed by atoms with Gasteiger partial charge in [-0.05, 0) is 54.1 Å². The fourth-order valence-corrected chi connectivity index (χ4v) is 3.25. The van der Waals surface area contributed by atoms with Crippen LogP contribution in [-0.2, 0) is 17.8 Å². The summed E-state index contributed by atoms with van der Waals surface area (Å²) in [7, 11) is 0. The minimum absolute atomic E-state index is 0.169. The second-order valence-electron chi connectivity index (χ2n) is 8.32. The van der Waals surface area contributed by atoms with Crippen molar-refractivity contribution in [3.8, 4) is 11.4 Å². The van der Waals surface area contributed by atoms with Crippen LogP contribution in [0.1, 0.15) is 21.7 Å². The van der Waals surface area contributed by atoms with Gasteiger partial charge in [-0.15, -0.1) is 13.2 Å². The van der Waals surface area contributed by atoms with Gasteiger partial charge in [-0.2, -0.15) is 13.9 Å². The Morgan fingerprint density at radius 1 is 1.10 bits per heavy atom. The monoisotopic (exact) mass is 584 g/mol. The zero-order chi connectivity index (χ0) is 30.0. The highest BCUT2D eigenvalue weighted by Gasteiger charge is 2.40. The van der Waals surface area contributed by atoms with Gasteiger partial charge in [0.1, 0.15) is 18.7 Å². The Labute approximate surface area is 229 Å².